The highest BCUT2D eigenvalue weighted by molar-refractivity contribution is 7.92. The third-order valence-electron chi connectivity index (χ3n) is 4.28. The lowest BCUT2D eigenvalue weighted by molar-refractivity contribution is -0.141. The Hall–Kier alpha value is -2.14. The van der Waals surface area contributed by atoms with Gasteiger partial charge >= 0.3 is 12.3 Å². The largest absolute Gasteiger partial charge is 0.444 e. The first-order valence-corrected chi connectivity index (χ1v) is 10.0. The molecule has 11 heteroatoms. The van der Waals surface area contributed by atoms with Crippen LogP contribution in [0.5, 0.6) is 0 Å². The van der Waals surface area contributed by atoms with Gasteiger partial charge in [0, 0.05) is 19.6 Å². The Morgan fingerprint density at radius 2 is 1.93 bits per heavy atom. The van der Waals surface area contributed by atoms with E-state index in [0.717, 1.165) is 17.0 Å². The normalized spacial score (nSPS) is 20.5. The predicted octanol–water partition coefficient (Wildman–Crippen LogP) is 2.35. The number of pyridine rings is 1. The van der Waals surface area contributed by atoms with Gasteiger partial charge < -0.3 is 10.1 Å². The standard InChI is InChI=1S/C17H20F3N3O4S/c1-16(2,3)27-15(24)23-9-10-7-21-8-11(10)14(23)28(25,26)13-6-4-5-12(22-13)17(18,19)20/h4-6,14,21H,7-9H2,1-3H3. The Kier molecular flexibility index (Phi) is 4.95. The summed E-state index contributed by atoms with van der Waals surface area (Å²) < 4.78 is 70.6. The molecule has 2 aliphatic heterocycles. The van der Waals surface area contributed by atoms with E-state index in [1.54, 1.807) is 20.8 Å². The number of carbonyl (C=O) groups is 1. The number of carbonyl (C=O) groups excluding carboxylic acids is 1. The van der Waals surface area contributed by atoms with E-state index in [4.69, 9.17) is 4.74 Å². The van der Waals surface area contributed by atoms with Gasteiger partial charge in [-0.3, -0.25) is 4.90 Å². The number of sulfone groups is 1. The quantitative estimate of drug-likeness (QED) is 0.741. The SMILES string of the molecule is CC(C)(C)OC(=O)N1CC2=C(CNC2)C1S(=O)(=O)c1cccc(C(F)(F)F)n1. The van der Waals surface area contributed by atoms with Gasteiger partial charge in [0.15, 0.2) is 10.4 Å². The highest BCUT2D eigenvalue weighted by Crippen LogP contribution is 2.35. The summed E-state index contributed by atoms with van der Waals surface area (Å²) in [5, 5.41) is 0.814. The molecule has 0 fully saturated rings. The molecule has 28 heavy (non-hydrogen) atoms. The third kappa shape index (κ3) is 3.86. The maximum Gasteiger partial charge on any atom is 0.433 e. The first-order chi connectivity index (χ1) is 12.8. The zero-order valence-electron chi connectivity index (χ0n) is 15.5. The molecule has 154 valence electrons. The fourth-order valence-corrected chi connectivity index (χ4v) is 5.01. The van der Waals surface area contributed by atoms with Crippen molar-refractivity contribution in [2.75, 3.05) is 19.6 Å². The molecule has 1 unspecified atom stereocenters. The molecule has 1 N–H and O–H groups in total. The second-order valence-corrected chi connectivity index (χ2v) is 9.55. The number of rotatable bonds is 2. The van der Waals surface area contributed by atoms with Crippen LogP contribution in [0.2, 0.25) is 0 Å². The van der Waals surface area contributed by atoms with Crippen LogP contribution < -0.4 is 5.32 Å². The summed E-state index contributed by atoms with van der Waals surface area (Å²) >= 11 is 0. The molecular formula is C17H20F3N3O4S. The number of amides is 1. The van der Waals surface area contributed by atoms with Crippen molar-refractivity contribution in [3.8, 4) is 0 Å². The predicted molar refractivity (Wildman–Crippen MR) is 93.0 cm³/mol. The van der Waals surface area contributed by atoms with Gasteiger partial charge in [0.25, 0.3) is 0 Å². The second kappa shape index (κ2) is 6.73. The minimum Gasteiger partial charge on any atom is -0.444 e. The number of halogens is 3. The Morgan fingerprint density at radius 3 is 2.54 bits per heavy atom. The van der Waals surface area contributed by atoms with Crippen LogP contribution in [-0.4, -0.2) is 55.0 Å². The lowest BCUT2D eigenvalue weighted by Gasteiger charge is -2.30. The van der Waals surface area contributed by atoms with E-state index >= 15 is 0 Å². The van der Waals surface area contributed by atoms with Crippen LogP contribution in [0.25, 0.3) is 0 Å². The molecule has 0 aliphatic carbocycles. The molecule has 3 heterocycles. The van der Waals surface area contributed by atoms with Gasteiger partial charge in [-0.15, -0.1) is 0 Å². The van der Waals surface area contributed by atoms with Crippen molar-refractivity contribution < 1.29 is 31.1 Å². The van der Waals surface area contributed by atoms with Crippen LogP contribution in [0.4, 0.5) is 18.0 Å². The van der Waals surface area contributed by atoms with Gasteiger partial charge in [0.1, 0.15) is 11.3 Å². The van der Waals surface area contributed by atoms with Crippen molar-refractivity contribution >= 4 is 15.9 Å². The summed E-state index contributed by atoms with van der Waals surface area (Å²) in [6, 6.07) is 2.68. The highest BCUT2D eigenvalue weighted by atomic mass is 32.2. The zero-order valence-corrected chi connectivity index (χ0v) is 16.3. The van der Waals surface area contributed by atoms with Crippen molar-refractivity contribution in [3.05, 3.63) is 35.0 Å². The Labute approximate surface area is 160 Å². The summed E-state index contributed by atoms with van der Waals surface area (Å²) in [5.41, 5.74) is -1.00. The summed E-state index contributed by atoms with van der Waals surface area (Å²) in [6.07, 6.45) is -5.63. The summed E-state index contributed by atoms with van der Waals surface area (Å²) in [4.78, 5) is 16.9. The molecule has 7 nitrogen and oxygen atoms in total. The van der Waals surface area contributed by atoms with Gasteiger partial charge in [-0.05, 0) is 44.1 Å². The maximum atomic E-state index is 13.2. The minimum atomic E-state index is -4.79. The van der Waals surface area contributed by atoms with Gasteiger partial charge in [-0.2, -0.15) is 13.2 Å². The number of nitrogens with zero attached hydrogens (tertiary/aromatic N) is 2. The van der Waals surface area contributed by atoms with Crippen molar-refractivity contribution in [2.24, 2.45) is 0 Å². The molecule has 0 spiro atoms. The molecule has 2 aliphatic rings. The van der Waals surface area contributed by atoms with Gasteiger partial charge in [0.2, 0.25) is 9.84 Å². The maximum absolute atomic E-state index is 13.2. The Bertz CT molecular complexity index is 936. The molecular weight excluding hydrogens is 399 g/mol. The number of aromatic nitrogens is 1. The van der Waals surface area contributed by atoms with E-state index < -0.39 is 43.8 Å². The molecule has 0 bridgehead atoms. The zero-order chi connectivity index (χ0) is 20.9. The third-order valence-corrected chi connectivity index (χ3v) is 6.21. The Balaban J connectivity index is 2.03. The van der Waals surface area contributed by atoms with Gasteiger partial charge in [-0.1, -0.05) is 6.07 Å². The van der Waals surface area contributed by atoms with E-state index in [9.17, 15) is 26.4 Å². The number of nitrogens with one attached hydrogen (secondary N) is 1. The van der Waals surface area contributed by atoms with Crippen LogP contribution in [0.1, 0.15) is 26.5 Å². The van der Waals surface area contributed by atoms with Crippen LogP contribution >= 0.6 is 0 Å². The molecule has 0 saturated carbocycles. The fraction of sp³-hybridized carbons (Fsp3) is 0.529. The van der Waals surface area contributed by atoms with Crippen LogP contribution in [0.3, 0.4) is 0 Å². The molecule has 0 saturated heterocycles. The van der Waals surface area contributed by atoms with Crippen molar-refractivity contribution in [2.45, 2.75) is 42.9 Å². The lowest BCUT2D eigenvalue weighted by Crippen LogP contribution is -2.46. The average Bonchev–Trinajstić information content (AvgIpc) is 3.13. The molecule has 0 radical (unpaired) electrons. The number of hydrogen-bond donors (Lipinski definition) is 1. The molecule has 1 amide bonds. The summed E-state index contributed by atoms with van der Waals surface area (Å²) in [7, 11) is -4.41. The van der Waals surface area contributed by atoms with E-state index in [1.807, 2.05) is 0 Å². The van der Waals surface area contributed by atoms with E-state index in [2.05, 4.69) is 10.3 Å². The Morgan fingerprint density at radius 1 is 1.25 bits per heavy atom. The number of hydrogen-bond acceptors (Lipinski definition) is 6. The van der Waals surface area contributed by atoms with Gasteiger partial charge in [0.05, 0.1) is 0 Å². The summed E-state index contributed by atoms with van der Waals surface area (Å²) in [6.45, 7) is 5.57. The highest BCUT2D eigenvalue weighted by Gasteiger charge is 2.48. The minimum absolute atomic E-state index is 0.0279. The van der Waals surface area contributed by atoms with Crippen LogP contribution in [-0.2, 0) is 20.8 Å². The molecule has 1 aromatic rings. The topological polar surface area (TPSA) is 88.6 Å². The number of ether oxygens (including phenoxy) is 1. The average molecular weight is 419 g/mol. The van der Waals surface area contributed by atoms with Crippen molar-refractivity contribution in [1.29, 1.82) is 0 Å². The van der Waals surface area contributed by atoms with Gasteiger partial charge in [-0.25, -0.2) is 18.2 Å². The van der Waals surface area contributed by atoms with E-state index in [1.165, 1.54) is 0 Å². The van der Waals surface area contributed by atoms with E-state index in [0.29, 0.717) is 23.8 Å². The fourth-order valence-electron chi connectivity index (χ4n) is 3.16. The smallest absolute Gasteiger partial charge is 0.433 e. The molecule has 3 rings (SSSR count). The molecule has 1 atom stereocenters. The second-order valence-electron chi connectivity index (χ2n) is 7.60. The van der Waals surface area contributed by atoms with E-state index in [-0.39, 0.29) is 13.1 Å². The first-order valence-electron chi connectivity index (χ1n) is 8.50. The number of alkyl halides is 3. The van der Waals surface area contributed by atoms with Crippen molar-refractivity contribution in [1.82, 2.24) is 15.2 Å². The van der Waals surface area contributed by atoms with Crippen molar-refractivity contribution in [3.63, 3.8) is 0 Å². The van der Waals surface area contributed by atoms with Crippen LogP contribution in [0.15, 0.2) is 34.4 Å². The first kappa shape index (κ1) is 20.6. The summed E-state index contributed by atoms with van der Waals surface area (Å²) in [5.74, 6) is 0. The molecule has 0 aromatic carbocycles. The lowest BCUT2D eigenvalue weighted by atomic mass is 10.2. The molecule has 1 aromatic heterocycles. The van der Waals surface area contributed by atoms with Crippen LogP contribution in [0, 0.1) is 0 Å². The monoisotopic (exact) mass is 419 g/mol.